The molecule has 0 amide bonds. The first-order chi connectivity index (χ1) is 6.61. The molecule has 0 unspecified atom stereocenters. The molecule has 0 saturated heterocycles. The van der Waals surface area contributed by atoms with E-state index >= 15 is 0 Å². The highest BCUT2D eigenvalue weighted by atomic mass is 35.5. The number of nitrogens with two attached hydrogens (primary N) is 1. The van der Waals surface area contributed by atoms with Gasteiger partial charge in [-0.3, -0.25) is 0 Å². The van der Waals surface area contributed by atoms with Crippen molar-refractivity contribution < 1.29 is 8.78 Å². The van der Waals surface area contributed by atoms with Crippen molar-refractivity contribution in [2.24, 2.45) is 5.73 Å². The fourth-order valence-corrected chi connectivity index (χ4v) is 1.25. The predicted molar refractivity (Wildman–Crippen MR) is 46.8 cm³/mol. The van der Waals surface area contributed by atoms with Gasteiger partial charge in [-0.1, -0.05) is 11.6 Å². The first-order valence-corrected chi connectivity index (χ1v) is 4.05. The van der Waals surface area contributed by atoms with Crippen molar-refractivity contribution in [3.63, 3.8) is 0 Å². The summed E-state index contributed by atoms with van der Waals surface area (Å²) in [7, 11) is 0. The summed E-state index contributed by atoms with van der Waals surface area (Å²) in [6.07, 6.45) is -1.62. The number of nitriles is 1. The summed E-state index contributed by atoms with van der Waals surface area (Å²) < 4.78 is 25.1. The molecule has 1 aromatic heterocycles. The minimum absolute atomic E-state index is 0.0987. The van der Waals surface area contributed by atoms with Crippen LogP contribution in [0.2, 0.25) is 5.15 Å². The van der Waals surface area contributed by atoms with Gasteiger partial charge in [0.25, 0.3) is 6.43 Å². The number of halogens is 3. The zero-order valence-electron chi connectivity index (χ0n) is 6.97. The van der Waals surface area contributed by atoms with Crippen LogP contribution in [-0.2, 0) is 6.54 Å². The summed E-state index contributed by atoms with van der Waals surface area (Å²) in [5.41, 5.74) is 4.65. The number of alkyl halides is 2. The van der Waals surface area contributed by atoms with Crippen LogP contribution in [0.5, 0.6) is 0 Å². The van der Waals surface area contributed by atoms with Gasteiger partial charge in [-0.2, -0.15) is 5.26 Å². The lowest BCUT2D eigenvalue weighted by Gasteiger charge is -2.08. The summed E-state index contributed by atoms with van der Waals surface area (Å²) >= 11 is 5.49. The molecule has 2 N–H and O–H groups in total. The minimum atomic E-state index is -2.77. The van der Waals surface area contributed by atoms with E-state index in [1.54, 1.807) is 6.07 Å². The summed E-state index contributed by atoms with van der Waals surface area (Å²) in [6.45, 7) is -0.0987. The van der Waals surface area contributed by atoms with Crippen molar-refractivity contribution in [1.82, 2.24) is 4.98 Å². The largest absolute Gasteiger partial charge is 0.326 e. The summed E-state index contributed by atoms with van der Waals surface area (Å²) in [5.74, 6) is 0. The van der Waals surface area contributed by atoms with Gasteiger partial charge in [-0.05, 0) is 5.56 Å². The monoisotopic (exact) mass is 217 g/mol. The first-order valence-electron chi connectivity index (χ1n) is 3.67. The van der Waals surface area contributed by atoms with Gasteiger partial charge in [0.2, 0.25) is 0 Å². The van der Waals surface area contributed by atoms with E-state index in [1.807, 2.05) is 0 Å². The van der Waals surface area contributed by atoms with Gasteiger partial charge in [0, 0.05) is 18.3 Å². The average Bonchev–Trinajstić information content (AvgIpc) is 2.17. The fraction of sp³-hybridized carbons (Fsp3) is 0.250. The lowest BCUT2D eigenvalue weighted by molar-refractivity contribution is 0.150. The summed E-state index contributed by atoms with van der Waals surface area (Å²) in [5, 5.41) is 8.40. The number of nitrogens with zero attached hydrogens (tertiary/aromatic N) is 2. The Balaban J connectivity index is 3.46. The van der Waals surface area contributed by atoms with E-state index < -0.39 is 12.0 Å². The van der Waals surface area contributed by atoms with Crippen LogP contribution in [0, 0.1) is 11.3 Å². The molecule has 0 atom stereocenters. The van der Waals surface area contributed by atoms with E-state index in [9.17, 15) is 8.78 Å². The van der Waals surface area contributed by atoms with E-state index in [-0.39, 0.29) is 22.8 Å². The van der Waals surface area contributed by atoms with Crippen molar-refractivity contribution in [1.29, 1.82) is 5.26 Å². The molecule has 0 fully saturated rings. The second-order valence-corrected chi connectivity index (χ2v) is 2.84. The molecule has 3 nitrogen and oxygen atoms in total. The van der Waals surface area contributed by atoms with Crippen LogP contribution in [0.25, 0.3) is 0 Å². The number of hydrogen-bond donors (Lipinski definition) is 1. The maximum Gasteiger partial charge on any atom is 0.265 e. The van der Waals surface area contributed by atoms with Gasteiger partial charge in [0.1, 0.15) is 11.2 Å². The molecule has 0 spiro atoms. The molecule has 74 valence electrons. The smallest absolute Gasteiger partial charge is 0.265 e. The molecule has 0 radical (unpaired) electrons. The lowest BCUT2D eigenvalue weighted by Crippen LogP contribution is -2.06. The van der Waals surface area contributed by atoms with Crippen molar-refractivity contribution >= 4 is 11.6 Å². The van der Waals surface area contributed by atoms with Gasteiger partial charge in [0.15, 0.2) is 0 Å². The van der Waals surface area contributed by atoms with Crippen LogP contribution >= 0.6 is 11.6 Å². The van der Waals surface area contributed by atoms with Crippen molar-refractivity contribution in [3.8, 4) is 6.07 Å². The van der Waals surface area contributed by atoms with Crippen molar-refractivity contribution in [2.45, 2.75) is 13.0 Å². The SMILES string of the molecule is N#Cc1c(Cl)ncc(CN)c1C(F)F. The van der Waals surface area contributed by atoms with Gasteiger partial charge in [-0.25, -0.2) is 13.8 Å². The Morgan fingerprint density at radius 3 is 2.71 bits per heavy atom. The molecule has 1 heterocycles. The fourth-order valence-electron chi connectivity index (χ4n) is 1.06. The van der Waals surface area contributed by atoms with Gasteiger partial charge in [0.05, 0.1) is 5.56 Å². The normalized spacial score (nSPS) is 10.3. The first kappa shape index (κ1) is 10.8. The van der Waals surface area contributed by atoms with Crippen LogP contribution in [0.4, 0.5) is 8.78 Å². The molecule has 0 aromatic carbocycles. The van der Waals surface area contributed by atoms with Crippen molar-refractivity contribution in [2.75, 3.05) is 0 Å². The highest BCUT2D eigenvalue weighted by molar-refractivity contribution is 6.30. The Labute approximate surface area is 84.1 Å². The molecule has 1 rings (SSSR count). The zero-order chi connectivity index (χ0) is 10.7. The topological polar surface area (TPSA) is 62.7 Å². The van der Waals surface area contributed by atoms with Gasteiger partial charge < -0.3 is 5.73 Å². The summed E-state index contributed by atoms with van der Waals surface area (Å²) in [6, 6.07) is 1.59. The van der Waals surface area contributed by atoms with E-state index in [4.69, 9.17) is 22.6 Å². The maximum absolute atomic E-state index is 12.5. The van der Waals surface area contributed by atoms with Crippen LogP contribution in [0.1, 0.15) is 23.1 Å². The van der Waals surface area contributed by atoms with Crippen molar-refractivity contribution in [3.05, 3.63) is 28.0 Å². The van der Waals surface area contributed by atoms with Crippen LogP contribution in [0.15, 0.2) is 6.20 Å². The number of pyridine rings is 1. The number of hydrogen-bond acceptors (Lipinski definition) is 3. The van der Waals surface area contributed by atoms with Crippen LogP contribution < -0.4 is 5.73 Å². The predicted octanol–water partition coefficient (Wildman–Crippen LogP) is 2.00. The van der Waals surface area contributed by atoms with Gasteiger partial charge in [-0.15, -0.1) is 0 Å². The Hall–Kier alpha value is -1.25. The molecule has 14 heavy (non-hydrogen) atoms. The molecule has 1 aromatic rings. The molecule has 6 heteroatoms. The second-order valence-electron chi connectivity index (χ2n) is 2.48. The van der Waals surface area contributed by atoms with E-state index in [0.717, 1.165) is 6.20 Å². The minimum Gasteiger partial charge on any atom is -0.326 e. The standard InChI is InChI=1S/C8H6ClF2N3/c9-7-5(2-13)6(8(10)11)4(1-12)3-14-7/h3,8H,1,12H2. The Morgan fingerprint density at radius 2 is 2.29 bits per heavy atom. The van der Waals surface area contributed by atoms with Crippen LogP contribution in [0.3, 0.4) is 0 Å². The molecule has 0 aliphatic carbocycles. The lowest BCUT2D eigenvalue weighted by atomic mass is 10.1. The number of rotatable bonds is 2. The van der Waals surface area contributed by atoms with Gasteiger partial charge >= 0.3 is 0 Å². The Kier molecular flexibility index (Phi) is 3.33. The highest BCUT2D eigenvalue weighted by Crippen LogP contribution is 2.29. The number of aromatic nitrogens is 1. The maximum atomic E-state index is 12.5. The third-order valence-electron chi connectivity index (χ3n) is 1.71. The molecule has 0 aliphatic heterocycles. The molecule has 0 aliphatic rings. The quantitative estimate of drug-likeness (QED) is 0.771. The van der Waals surface area contributed by atoms with Crippen LogP contribution in [-0.4, -0.2) is 4.98 Å². The van der Waals surface area contributed by atoms with E-state index in [0.29, 0.717) is 0 Å². The van der Waals surface area contributed by atoms with E-state index in [2.05, 4.69) is 4.98 Å². The second kappa shape index (κ2) is 4.31. The molecule has 0 bridgehead atoms. The molecular weight excluding hydrogens is 212 g/mol. The molecular formula is C8H6ClF2N3. The third kappa shape index (κ3) is 1.81. The Morgan fingerprint density at radius 1 is 1.64 bits per heavy atom. The third-order valence-corrected chi connectivity index (χ3v) is 1.99. The molecule has 0 saturated carbocycles. The Bertz CT molecular complexity index is 387. The summed E-state index contributed by atoms with van der Waals surface area (Å²) in [4.78, 5) is 3.59. The highest BCUT2D eigenvalue weighted by Gasteiger charge is 2.20. The average molecular weight is 218 g/mol. The zero-order valence-corrected chi connectivity index (χ0v) is 7.72. The van der Waals surface area contributed by atoms with E-state index in [1.165, 1.54) is 0 Å².